The Hall–Kier alpha value is -3.78. The van der Waals surface area contributed by atoms with Gasteiger partial charge in [0.25, 0.3) is 0 Å². The van der Waals surface area contributed by atoms with Crippen LogP contribution in [0.25, 0.3) is 10.9 Å². The lowest BCUT2D eigenvalue weighted by molar-refractivity contribution is 0.703. The van der Waals surface area contributed by atoms with E-state index in [9.17, 15) is 0 Å². The molecule has 0 aliphatic carbocycles. The van der Waals surface area contributed by atoms with Crippen LogP contribution in [0.3, 0.4) is 0 Å². The first-order valence-corrected chi connectivity index (χ1v) is 9.88. The van der Waals surface area contributed by atoms with Crippen molar-refractivity contribution in [1.29, 1.82) is 10.5 Å². The molecule has 150 valence electrons. The van der Waals surface area contributed by atoms with Crippen LogP contribution in [0.1, 0.15) is 22.4 Å². The van der Waals surface area contributed by atoms with Gasteiger partial charge in [-0.3, -0.25) is 9.67 Å². The highest BCUT2D eigenvalue weighted by molar-refractivity contribution is 6.31. The summed E-state index contributed by atoms with van der Waals surface area (Å²) in [5.41, 5.74) is 4.61. The predicted octanol–water partition coefficient (Wildman–Crippen LogP) is 4.57. The van der Waals surface area contributed by atoms with Crippen molar-refractivity contribution in [3.63, 3.8) is 0 Å². The van der Waals surface area contributed by atoms with E-state index in [0.717, 1.165) is 27.6 Å². The average molecular weight is 446 g/mol. The maximum absolute atomic E-state index is 9.10. The number of aromatic nitrogens is 4. The monoisotopic (exact) mass is 445 g/mol. The van der Waals surface area contributed by atoms with Gasteiger partial charge in [0.1, 0.15) is 24.2 Å². The minimum atomic E-state index is 0.392. The van der Waals surface area contributed by atoms with Gasteiger partial charge in [0.15, 0.2) is 5.69 Å². The molecule has 1 aliphatic rings. The van der Waals surface area contributed by atoms with Crippen LogP contribution in [0.15, 0.2) is 60.1 Å². The van der Waals surface area contributed by atoms with Crippen LogP contribution >= 0.6 is 23.2 Å². The quantitative estimate of drug-likeness (QED) is 0.449. The van der Waals surface area contributed by atoms with E-state index < -0.39 is 0 Å². The molecule has 3 heterocycles. The molecule has 2 aromatic carbocycles. The molecule has 0 bridgehead atoms. The molecule has 0 N–H and O–H groups in total. The number of nitriles is 2. The number of halogens is 2. The van der Waals surface area contributed by atoms with Gasteiger partial charge in [0.2, 0.25) is 0 Å². The first-order chi connectivity index (χ1) is 15.1. The molecular formula is C22H13Cl2N7. The molecule has 0 amide bonds. The lowest BCUT2D eigenvalue weighted by Crippen LogP contribution is -2.02. The van der Waals surface area contributed by atoms with Crippen LogP contribution < -0.4 is 0 Å². The zero-order chi connectivity index (χ0) is 21.8. The lowest BCUT2D eigenvalue weighted by atomic mass is 10.1. The van der Waals surface area contributed by atoms with Crippen LogP contribution in [-0.4, -0.2) is 25.5 Å². The third kappa shape index (κ3) is 4.39. The summed E-state index contributed by atoms with van der Waals surface area (Å²) in [6.07, 6.45) is 4.91. The Bertz CT molecular complexity index is 1380. The van der Waals surface area contributed by atoms with E-state index in [-0.39, 0.29) is 0 Å². The summed E-state index contributed by atoms with van der Waals surface area (Å²) in [5.74, 6) is 0. The molecule has 0 radical (unpaired) electrons. The highest BCUT2D eigenvalue weighted by Crippen LogP contribution is 2.23. The van der Waals surface area contributed by atoms with Gasteiger partial charge >= 0.3 is 0 Å². The lowest BCUT2D eigenvalue weighted by Gasteiger charge is -2.02. The van der Waals surface area contributed by atoms with E-state index in [1.165, 1.54) is 6.33 Å². The number of nitrogens with zero attached hydrogens (tertiary/aromatic N) is 7. The van der Waals surface area contributed by atoms with Crippen LogP contribution in [0.4, 0.5) is 0 Å². The first-order valence-electron chi connectivity index (χ1n) is 9.12. The summed E-state index contributed by atoms with van der Waals surface area (Å²) in [4.78, 5) is 12.0. The van der Waals surface area contributed by atoms with Crippen molar-refractivity contribution in [3.05, 3.63) is 87.5 Å². The van der Waals surface area contributed by atoms with Gasteiger partial charge in [0.05, 0.1) is 18.6 Å². The summed E-state index contributed by atoms with van der Waals surface area (Å²) < 4.78 is 1.73. The minimum absolute atomic E-state index is 0.392. The van der Waals surface area contributed by atoms with Gasteiger partial charge in [-0.05, 0) is 35.9 Å². The second-order valence-corrected chi connectivity index (χ2v) is 7.48. The second kappa shape index (κ2) is 8.93. The number of hydrogen-bond donors (Lipinski definition) is 0. The maximum atomic E-state index is 9.10. The number of aliphatic imine (C=N–C) groups is 1. The fraction of sp³-hybridized carbons (Fsp3) is 0.0909. The van der Waals surface area contributed by atoms with Crippen molar-refractivity contribution in [2.45, 2.75) is 13.1 Å². The fourth-order valence-corrected chi connectivity index (χ4v) is 3.56. The molecule has 4 aromatic rings. The zero-order valence-corrected chi connectivity index (χ0v) is 17.5. The summed E-state index contributed by atoms with van der Waals surface area (Å²) in [6, 6.07) is 15.0. The molecule has 7 nitrogen and oxygen atoms in total. The Balaban J connectivity index is 0.000000166. The normalized spacial score (nSPS) is 11.7. The summed E-state index contributed by atoms with van der Waals surface area (Å²) in [6.45, 7) is 1.08. The maximum Gasteiger partial charge on any atom is 0.170 e. The molecule has 1 aliphatic heterocycles. The van der Waals surface area contributed by atoms with Gasteiger partial charge in [-0.25, -0.2) is 9.97 Å². The van der Waals surface area contributed by atoms with Gasteiger partial charge in [0, 0.05) is 39.0 Å². The van der Waals surface area contributed by atoms with Crippen molar-refractivity contribution in [2.75, 3.05) is 0 Å². The number of benzene rings is 2. The molecule has 0 fully saturated rings. The standard InChI is InChI=1S/C13H8ClN5.C9H5ClN2/c14-10-1-2-11-12(4-15)18-19(13(11)3-10)7-9-5-16-8-17-6-9;10-7-1-2-8-6(3-7)5-12-9(8)4-11/h1-3,5-6,8H,7H2;1-3H,5H2. The molecule has 0 atom stereocenters. The average Bonchev–Trinajstić information content (AvgIpc) is 3.35. The minimum Gasteiger partial charge on any atom is -0.269 e. The van der Waals surface area contributed by atoms with Crippen LogP contribution in [0.2, 0.25) is 10.0 Å². The van der Waals surface area contributed by atoms with Gasteiger partial charge in [-0.2, -0.15) is 15.6 Å². The summed E-state index contributed by atoms with van der Waals surface area (Å²) in [7, 11) is 0. The van der Waals surface area contributed by atoms with E-state index in [1.54, 1.807) is 41.3 Å². The van der Waals surface area contributed by atoms with Crippen molar-refractivity contribution < 1.29 is 0 Å². The molecule has 0 saturated heterocycles. The molecule has 5 rings (SSSR count). The molecule has 2 aromatic heterocycles. The van der Waals surface area contributed by atoms with E-state index >= 15 is 0 Å². The van der Waals surface area contributed by atoms with E-state index in [4.69, 9.17) is 33.7 Å². The number of fused-ring (bicyclic) bond motifs is 2. The SMILES string of the molecule is N#CC1=NCc2cc(Cl)ccc21.N#Cc1nn(Cc2cncnc2)c2cc(Cl)ccc12. The molecule has 0 saturated carbocycles. The third-order valence-electron chi connectivity index (χ3n) is 4.60. The van der Waals surface area contributed by atoms with Gasteiger partial charge < -0.3 is 0 Å². The van der Waals surface area contributed by atoms with Gasteiger partial charge in [-0.15, -0.1) is 0 Å². The highest BCUT2D eigenvalue weighted by Gasteiger charge is 2.14. The predicted molar refractivity (Wildman–Crippen MR) is 118 cm³/mol. The Labute approximate surface area is 187 Å². The number of rotatable bonds is 2. The van der Waals surface area contributed by atoms with Gasteiger partial charge in [-0.1, -0.05) is 29.3 Å². The molecule has 31 heavy (non-hydrogen) atoms. The third-order valence-corrected chi connectivity index (χ3v) is 5.07. The van der Waals surface area contributed by atoms with Crippen molar-refractivity contribution in [2.24, 2.45) is 4.99 Å². The van der Waals surface area contributed by atoms with Crippen molar-refractivity contribution in [3.8, 4) is 12.1 Å². The van der Waals surface area contributed by atoms with Crippen molar-refractivity contribution >= 4 is 39.8 Å². The van der Waals surface area contributed by atoms with E-state index in [0.29, 0.717) is 34.5 Å². The van der Waals surface area contributed by atoms with Crippen LogP contribution in [0.5, 0.6) is 0 Å². The van der Waals surface area contributed by atoms with Crippen LogP contribution in [-0.2, 0) is 13.1 Å². The molecule has 0 spiro atoms. The fourth-order valence-electron chi connectivity index (χ4n) is 3.20. The molecule has 9 heteroatoms. The summed E-state index contributed by atoms with van der Waals surface area (Å²) in [5, 5.41) is 24.2. The zero-order valence-electron chi connectivity index (χ0n) is 16.0. The van der Waals surface area contributed by atoms with E-state index in [1.807, 2.05) is 18.2 Å². The van der Waals surface area contributed by atoms with E-state index in [2.05, 4.69) is 26.1 Å². The number of hydrogen-bond acceptors (Lipinski definition) is 6. The molecule has 0 unspecified atom stereocenters. The second-order valence-electron chi connectivity index (χ2n) is 6.60. The Morgan fingerprint density at radius 1 is 0.968 bits per heavy atom. The molecular weight excluding hydrogens is 433 g/mol. The highest BCUT2D eigenvalue weighted by atomic mass is 35.5. The smallest absolute Gasteiger partial charge is 0.170 e. The Morgan fingerprint density at radius 2 is 1.71 bits per heavy atom. The first kappa shape index (κ1) is 20.5. The summed E-state index contributed by atoms with van der Waals surface area (Å²) >= 11 is 11.8. The van der Waals surface area contributed by atoms with Crippen LogP contribution in [0, 0.1) is 22.7 Å². The van der Waals surface area contributed by atoms with Crippen molar-refractivity contribution in [1.82, 2.24) is 19.7 Å². The topological polar surface area (TPSA) is 104 Å². The largest absolute Gasteiger partial charge is 0.269 e. The Kier molecular flexibility index (Phi) is 5.90. The Morgan fingerprint density at radius 3 is 2.45 bits per heavy atom.